The van der Waals surface area contributed by atoms with Gasteiger partial charge >= 0.3 is 15.6 Å². The first-order chi connectivity index (χ1) is 12.8. The zero-order valence-electron chi connectivity index (χ0n) is 14.2. The van der Waals surface area contributed by atoms with Crippen molar-refractivity contribution in [1.82, 2.24) is 0 Å². The highest BCUT2D eigenvalue weighted by atomic mass is 32.2. The molecule has 0 amide bonds. The summed E-state index contributed by atoms with van der Waals surface area (Å²) >= 11 is 0. The Morgan fingerprint density at radius 2 is 1.74 bits per heavy atom. The first-order valence-corrected chi connectivity index (χ1v) is 9.68. The van der Waals surface area contributed by atoms with Crippen LogP contribution >= 0.6 is 0 Å². The lowest BCUT2D eigenvalue weighted by atomic mass is 10.0. The molecule has 0 radical (unpaired) electrons. The Hall–Kier alpha value is -2.48. The molecule has 0 atom stereocenters. The Labute approximate surface area is 155 Å². The second-order valence-corrected chi connectivity index (χ2v) is 7.52. The average molecular weight is 398 g/mol. The van der Waals surface area contributed by atoms with E-state index < -0.39 is 15.6 Å². The molecule has 0 fully saturated rings. The summed E-state index contributed by atoms with van der Waals surface area (Å²) in [6, 6.07) is 13.7. The van der Waals surface area contributed by atoms with E-state index in [4.69, 9.17) is 4.74 Å². The van der Waals surface area contributed by atoms with E-state index in [1.165, 1.54) is 12.1 Å². The molecule has 144 valence electrons. The summed E-state index contributed by atoms with van der Waals surface area (Å²) < 4.78 is 69.8. The summed E-state index contributed by atoms with van der Waals surface area (Å²) in [5.41, 5.74) is -2.67. The van der Waals surface area contributed by atoms with Crippen molar-refractivity contribution in [3.05, 3.63) is 65.7 Å². The van der Waals surface area contributed by atoms with Crippen LogP contribution in [-0.2, 0) is 16.5 Å². The van der Waals surface area contributed by atoms with Crippen LogP contribution in [0.1, 0.15) is 24.0 Å². The number of hydrogen-bond donors (Lipinski definition) is 0. The number of aryl methyl sites for hydroxylation is 1. The smallest absolute Gasteiger partial charge is 0.493 e. The predicted octanol–water partition coefficient (Wildman–Crippen LogP) is 4.71. The first-order valence-electron chi connectivity index (χ1n) is 8.27. The highest BCUT2D eigenvalue weighted by Gasteiger charge is 2.48. The molecule has 0 unspecified atom stereocenters. The van der Waals surface area contributed by atoms with E-state index in [9.17, 15) is 21.6 Å². The normalized spacial score (nSPS) is 15.4. The Morgan fingerprint density at radius 1 is 1.00 bits per heavy atom. The third-order valence-corrected chi connectivity index (χ3v) is 5.08. The number of alkyl halides is 3. The van der Waals surface area contributed by atoms with Gasteiger partial charge in [0, 0.05) is 6.42 Å². The fourth-order valence-electron chi connectivity index (χ4n) is 2.81. The standard InChI is InChI=1S/C19H17F3O4S/c20-19(21,22)27(23,24)26-17-9-10-18-16(13-17)8-4-7-15(11-12-25-18)14-5-2-1-3-6-14/h1-3,5-7,9-10,13H,4,8,11-12H2. The van der Waals surface area contributed by atoms with Crippen molar-refractivity contribution in [2.75, 3.05) is 6.61 Å². The number of hydrogen-bond acceptors (Lipinski definition) is 4. The third kappa shape index (κ3) is 4.63. The van der Waals surface area contributed by atoms with E-state index in [1.807, 2.05) is 30.3 Å². The van der Waals surface area contributed by atoms with Gasteiger partial charge in [-0.2, -0.15) is 21.6 Å². The maximum absolute atomic E-state index is 12.5. The number of fused-ring (bicyclic) bond motifs is 1. The molecular formula is C19H17F3O4S. The summed E-state index contributed by atoms with van der Waals surface area (Å²) in [7, 11) is -5.70. The van der Waals surface area contributed by atoms with Gasteiger partial charge in [0.05, 0.1) is 6.61 Å². The topological polar surface area (TPSA) is 52.6 Å². The van der Waals surface area contributed by atoms with Gasteiger partial charge in [0.25, 0.3) is 0 Å². The lowest BCUT2D eigenvalue weighted by Crippen LogP contribution is -2.28. The third-order valence-electron chi connectivity index (χ3n) is 4.10. The molecule has 3 rings (SSSR count). The van der Waals surface area contributed by atoms with Crippen molar-refractivity contribution in [2.24, 2.45) is 0 Å². The molecule has 1 heterocycles. The minimum absolute atomic E-state index is 0.388. The quantitative estimate of drug-likeness (QED) is 0.555. The molecule has 0 bridgehead atoms. The average Bonchev–Trinajstić information content (AvgIpc) is 2.71. The van der Waals surface area contributed by atoms with Gasteiger partial charge in [0.1, 0.15) is 11.5 Å². The number of allylic oxidation sites excluding steroid dienone is 1. The van der Waals surface area contributed by atoms with Gasteiger partial charge in [-0.15, -0.1) is 0 Å². The zero-order chi connectivity index (χ0) is 19.5. The molecule has 1 aliphatic rings. The molecule has 8 heteroatoms. The summed E-state index contributed by atoms with van der Waals surface area (Å²) in [5, 5.41) is 0. The minimum Gasteiger partial charge on any atom is -0.493 e. The molecule has 1 aliphatic heterocycles. The second-order valence-electron chi connectivity index (χ2n) is 5.99. The van der Waals surface area contributed by atoms with Crippen molar-refractivity contribution in [3.8, 4) is 11.5 Å². The predicted molar refractivity (Wildman–Crippen MR) is 94.9 cm³/mol. The molecule has 0 saturated carbocycles. The van der Waals surface area contributed by atoms with Crippen LogP contribution in [0.4, 0.5) is 13.2 Å². The molecule has 0 aromatic heterocycles. The molecule has 2 aromatic carbocycles. The fraction of sp³-hybridized carbons (Fsp3) is 0.263. The molecule has 0 N–H and O–H groups in total. The van der Waals surface area contributed by atoms with Crippen molar-refractivity contribution >= 4 is 15.7 Å². The molecule has 27 heavy (non-hydrogen) atoms. The maximum Gasteiger partial charge on any atom is 0.534 e. The number of halogens is 3. The van der Waals surface area contributed by atoms with E-state index >= 15 is 0 Å². The van der Waals surface area contributed by atoms with Gasteiger partial charge < -0.3 is 8.92 Å². The van der Waals surface area contributed by atoms with Crippen molar-refractivity contribution in [1.29, 1.82) is 0 Å². The summed E-state index contributed by atoms with van der Waals surface area (Å²) in [6.07, 6.45) is 3.86. The van der Waals surface area contributed by atoms with Gasteiger partial charge in [0.15, 0.2) is 0 Å². The van der Waals surface area contributed by atoms with Crippen molar-refractivity contribution in [3.63, 3.8) is 0 Å². The largest absolute Gasteiger partial charge is 0.534 e. The van der Waals surface area contributed by atoms with Crippen LogP contribution in [0.15, 0.2) is 54.6 Å². The molecule has 2 aromatic rings. The minimum atomic E-state index is -5.70. The van der Waals surface area contributed by atoms with Crippen molar-refractivity contribution in [2.45, 2.75) is 24.8 Å². The van der Waals surface area contributed by atoms with Crippen LogP contribution in [-0.4, -0.2) is 20.5 Å². The molecule has 0 spiro atoms. The van der Waals surface area contributed by atoms with E-state index in [0.29, 0.717) is 37.2 Å². The lowest BCUT2D eigenvalue weighted by molar-refractivity contribution is -0.0500. The van der Waals surface area contributed by atoms with E-state index in [-0.39, 0.29) is 5.75 Å². The zero-order valence-corrected chi connectivity index (χ0v) is 15.0. The van der Waals surface area contributed by atoms with Crippen LogP contribution in [0, 0.1) is 0 Å². The monoisotopic (exact) mass is 398 g/mol. The Bertz CT molecular complexity index is 935. The van der Waals surface area contributed by atoms with Crippen LogP contribution in [0.25, 0.3) is 5.57 Å². The molecule has 0 aliphatic carbocycles. The fourth-order valence-corrected chi connectivity index (χ4v) is 3.26. The van der Waals surface area contributed by atoms with Gasteiger partial charge in [-0.25, -0.2) is 0 Å². The van der Waals surface area contributed by atoms with Gasteiger partial charge in [-0.05, 0) is 47.7 Å². The van der Waals surface area contributed by atoms with Crippen LogP contribution in [0.3, 0.4) is 0 Å². The summed E-state index contributed by atoms with van der Waals surface area (Å²) in [6.45, 7) is 0.398. The Balaban J connectivity index is 1.81. The highest BCUT2D eigenvalue weighted by Crippen LogP contribution is 2.32. The second kappa shape index (κ2) is 7.64. The van der Waals surface area contributed by atoms with Gasteiger partial charge in [0.2, 0.25) is 0 Å². The molecule has 4 nitrogen and oxygen atoms in total. The van der Waals surface area contributed by atoms with Gasteiger partial charge in [-0.3, -0.25) is 0 Å². The summed E-state index contributed by atoms with van der Waals surface area (Å²) in [4.78, 5) is 0. The number of benzene rings is 2. The maximum atomic E-state index is 12.5. The number of rotatable bonds is 3. The summed E-state index contributed by atoms with van der Waals surface area (Å²) in [5.74, 6) is 0.121. The molecule has 0 saturated heterocycles. The Morgan fingerprint density at radius 3 is 2.44 bits per heavy atom. The first kappa shape index (κ1) is 19.3. The highest BCUT2D eigenvalue weighted by molar-refractivity contribution is 7.88. The van der Waals surface area contributed by atoms with Crippen molar-refractivity contribution < 1.29 is 30.5 Å². The SMILES string of the molecule is O=S(=O)(Oc1ccc2c(c1)CCC=C(c1ccccc1)CCO2)C(F)(F)F. The van der Waals surface area contributed by atoms with Crippen LogP contribution in [0.2, 0.25) is 0 Å². The number of ether oxygens (including phenoxy) is 1. The van der Waals surface area contributed by atoms with Gasteiger partial charge in [-0.1, -0.05) is 36.4 Å². The van der Waals surface area contributed by atoms with E-state index in [1.54, 1.807) is 0 Å². The van der Waals surface area contributed by atoms with Crippen LogP contribution in [0.5, 0.6) is 11.5 Å². The van der Waals surface area contributed by atoms with E-state index in [2.05, 4.69) is 10.3 Å². The Kier molecular flexibility index (Phi) is 5.46. The van der Waals surface area contributed by atoms with E-state index in [0.717, 1.165) is 17.2 Å². The van der Waals surface area contributed by atoms with Crippen LogP contribution < -0.4 is 8.92 Å². The lowest BCUT2D eigenvalue weighted by Gasteiger charge is -2.13. The molecular weight excluding hydrogens is 381 g/mol.